The quantitative estimate of drug-likeness (QED) is 0.860. The molecule has 0 aliphatic carbocycles. The Hall–Kier alpha value is -2.74. The first kappa shape index (κ1) is 18.1. The first-order valence-corrected chi connectivity index (χ1v) is 9.96. The number of hydrogen-bond acceptors (Lipinski definition) is 4. The van der Waals surface area contributed by atoms with E-state index < -0.39 is 10.0 Å². The number of carbonyl (C=O) groups excluding carboxylic acids is 1. The van der Waals surface area contributed by atoms with Crippen LogP contribution in [-0.4, -0.2) is 34.4 Å². The summed E-state index contributed by atoms with van der Waals surface area (Å²) < 4.78 is 30.1. The molecule has 138 valence electrons. The van der Waals surface area contributed by atoms with E-state index in [1.165, 1.54) is 10.6 Å². The second-order valence-corrected chi connectivity index (χ2v) is 8.10. The molecule has 7 nitrogen and oxygen atoms in total. The van der Waals surface area contributed by atoms with Crippen LogP contribution in [0.25, 0.3) is 0 Å². The number of sulfonamides is 1. The van der Waals surface area contributed by atoms with Crippen molar-refractivity contribution in [1.82, 2.24) is 0 Å². The molecule has 0 bridgehead atoms. The van der Waals surface area contributed by atoms with E-state index in [4.69, 9.17) is 4.74 Å². The number of nitrogens with zero attached hydrogens (tertiary/aromatic N) is 1. The number of anilines is 3. The zero-order valence-electron chi connectivity index (χ0n) is 14.9. The van der Waals surface area contributed by atoms with Crippen molar-refractivity contribution in [3.8, 4) is 5.75 Å². The second-order valence-electron chi connectivity index (χ2n) is 6.19. The Morgan fingerprint density at radius 3 is 2.58 bits per heavy atom. The molecule has 8 heteroatoms. The molecule has 1 aliphatic rings. The summed E-state index contributed by atoms with van der Waals surface area (Å²) in [6.07, 6.45) is 1.82. The minimum atomic E-state index is -3.28. The van der Waals surface area contributed by atoms with Crippen molar-refractivity contribution >= 4 is 33.1 Å². The first-order chi connectivity index (χ1) is 12.3. The van der Waals surface area contributed by atoms with Gasteiger partial charge in [-0.2, -0.15) is 0 Å². The van der Waals surface area contributed by atoms with Crippen molar-refractivity contribution in [2.75, 3.05) is 34.8 Å². The Balaban J connectivity index is 1.71. The Bertz CT molecular complexity index is 957. The molecule has 2 amide bonds. The molecule has 0 unspecified atom stereocenters. The van der Waals surface area contributed by atoms with Crippen LogP contribution in [0.5, 0.6) is 5.75 Å². The monoisotopic (exact) mass is 375 g/mol. The van der Waals surface area contributed by atoms with E-state index in [2.05, 4.69) is 10.6 Å². The van der Waals surface area contributed by atoms with Crippen LogP contribution in [0.15, 0.2) is 36.4 Å². The Morgan fingerprint density at radius 2 is 1.92 bits per heavy atom. The van der Waals surface area contributed by atoms with Crippen LogP contribution in [0.4, 0.5) is 21.9 Å². The van der Waals surface area contributed by atoms with Crippen LogP contribution in [0.1, 0.15) is 11.1 Å². The van der Waals surface area contributed by atoms with E-state index in [9.17, 15) is 13.2 Å². The van der Waals surface area contributed by atoms with Gasteiger partial charge in [0.05, 0.1) is 19.1 Å². The molecule has 2 N–H and O–H groups in total. The van der Waals surface area contributed by atoms with Crippen molar-refractivity contribution in [3.63, 3.8) is 0 Å². The third kappa shape index (κ3) is 3.75. The third-order valence-electron chi connectivity index (χ3n) is 4.27. The molecule has 26 heavy (non-hydrogen) atoms. The lowest BCUT2D eigenvalue weighted by atomic mass is 10.1. The molecule has 2 aromatic carbocycles. The number of urea groups is 1. The van der Waals surface area contributed by atoms with E-state index in [-0.39, 0.29) is 6.03 Å². The molecular weight excluding hydrogens is 354 g/mol. The summed E-state index contributed by atoms with van der Waals surface area (Å²) in [5.41, 5.74) is 3.76. The van der Waals surface area contributed by atoms with Crippen molar-refractivity contribution in [2.45, 2.75) is 13.3 Å². The van der Waals surface area contributed by atoms with Crippen LogP contribution in [0, 0.1) is 6.92 Å². The van der Waals surface area contributed by atoms with Crippen LogP contribution >= 0.6 is 0 Å². The normalized spacial score (nSPS) is 13.3. The number of methoxy groups -OCH3 is 1. The smallest absolute Gasteiger partial charge is 0.323 e. The summed E-state index contributed by atoms with van der Waals surface area (Å²) in [5.74, 6) is 0.725. The van der Waals surface area contributed by atoms with Crippen molar-refractivity contribution in [2.24, 2.45) is 0 Å². The van der Waals surface area contributed by atoms with Gasteiger partial charge in [-0.05, 0) is 60.9 Å². The number of rotatable bonds is 4. The summed E-state index contributed by atoms with van der Waals surface area (Å²) in [4.78, 5) is 12.3. The van der Waals surface area contributed by atoms with Gasteiger partial charge < -0.3 is 15.4 Å². The number of hydrogen-bond donors (Lipinski definition) is 2. The Morgan fingerprint density at radius 1 is 1.15 bits per heavy atom. The van der Waals surface area contributed by atoms with Crippen LogP contribution in [0.3, 0.4) is 0 Å². The van der Waals surface area contributed by atoms with E-state index in [0.29, 0.717) is 30.0 Å². The van der Waals surface area contributed by atoms with E-state index in [1.54, 1.807) is 37.4 Å². The highest BCUT2D eigenvalue weighted by atomic mass is 32.2. The highest BCUT2D eigenvalue weighted by Crippen LogP contribution is 2.32. The SMILES string of the molecule is COc1ccc(NC(=O)Nc2ccc3c(c2)CCN3S(C)(=O)=O)c(C)c1. The van der Waals surface area contributed by atoms with Gasteiger partial charge in [0.25, 0.3) is 0 Å². The molecule has 0 fully saturated rings. The molecular formula is C18H21N3O4S. The fourth-order valence-electron chi connectivity index (χ4n) is 2.98. The lowest BCUT2D eigenvalue weighted by Gasteiger charge is -2.16. The average molecular weight is 375 g/mol. The summed E-state index contributed by atoms with van der Waals surface area (Å²) in [6, 6.07) is 10.3. The Kier molecular flexibility index (Phi) is 4.78. The van der Waals surface area contributed by atoms with E-state index >= 15 is 0 Å². The van der Waals surface area contributed by atoms with Crippen LogP contribution in [0.2, 0.25) is 0 Å². The number of benzene rings is 2. The minimum Gasteiger partial charge on any atom is -0.497 e. The molecule has 0 atom stereocenters. The maximum atomic E-state index is 12.3. The number of fused-ring (bicyclic) bond motifs is 1. The standard InChI is InChI=1S/C18H21N3O4S/c1-12-10-15(25-2)5-6-16(12)20-18(22)19-14-4-7-17-13(11-14)8-9-21(17)26(3,23)24/h4-7,10-11H,8-9H2,1-3H3,(H2,19,20,22). The third-order valence-corrected chi connectivity index (χ3v) is 5.45. The topological polar surface area (TPSA) is 87.7 Å². The summed E-state index contributed by atoms with van der Waals surface area (Å²) in [7, 11) is -1.69. The van der Waals surface area contributed by atoms with Gasteiger partial charge in [0, 0.05) is 17.9 Å². The lowest BCUT2D eigenvalue weighted by Crippen LogP contribution is -2.27. The first-order valence-electron chi connectivity index (χ1n) is 8.11. The molecule has 0 saturated carbocycles. The number of carbonyl (C=O) groups is 1. The fraction of sp³-hybridized carbons (Fsp3) is 0.278. The van der Waals surface area contributed by atoms with Crippen LogP contribution < -0.4 is 19.7 Å². The van der Waals surface area contributed by atoms with Gasteiger partial charge >= 0.3 is 6.03 Å². The number of amides is 2. The predicted molar refractivity (Wildman–Crippen MR) is 103 cm³/mol. The van der Waals surface area contributed by atoms with Gasteiger partial charge in [-0.1, -0.05) is 0 Å². The van der Waals surface area contributed by atoms with Gasteiger partial charge in [0.2, 0.25) is 10.0 Å². The highest BCUT2D eigenvalue weighted by Gasteiger charge is 2.26. The molecule has 3 rings (SSSR count). The van der Waals surface area contributed by atoms with Crippen molar-refractivity contribution < 1.29 is 17.9 Å². The Labute approximate surface area is 153 Å². The van der Waals surface area contributed by atoms with E-state index in [0.717, 1.165) is 16.9 Å². The van der Waals surface area contributed by atoms with Gasteiger partial charge in [0.1, 0.15) is 5.75 Å². The fourth-order valence-corrected chi connectivity index (χ4v) is 3.94. The molecule has 1 aliphatic heterocycles. The summed E-state index contributed by atoms with van der Waals surface area (Å²) in [5, 5.41) is 5.58. The summed E-state index contributed by atoms with van der Waals surface area (Å²) in [6.45, 7) is 2.31. The molecule has 1 heterocycles. The van der Waals surface area contributed by atoms with E-state index in [1.807, 2.05) is 13.0 Å². The minimum absolute atomic E-state index is 0.365. The van der Waals surface area contributed by atoms with Crippen molar-refractivity contribution in [3.05, 3.63) is 47.5 Å². The maximum Gasteiger partial charge on any atom is 0.323 e. The largest absolute Gasteiger partial charge is 0.497 e. The average Bonchev–Trinajstić information content (AvgIpc) is 3.00. The zero-order chi connectivity index (χ0) is 18.9. The summed E-state index contributed by atoms with van der Waals surface area (Å²) >= 11 is 0. The zero-order valence-corrected chi connectivity index (χ0v) is 15.7. The van der Waals surface area contributed by atoms with Gasteiger partial charge in [-0.3, -0.25) is 4.31 Å². The maximum absolute atomic E-state index is 12.3. The molecule has 0 aromatic heterocycles. The van der Waals surface area contributed by atoms with Gasteiger partial charge in [-0.25, -0.2) is 13.2 Å². The van der Waals surface area contributed by atoms with Gasteiger partial charge in [0.15, 0.2) is 0 Å². The number of ether oxygens (including phenoxy) is 1. The molecule has 0 saturated heterocycles. The predicted octanol–water partition coefficient (Wildman–Crippen LogP) is 2.97. The molecule has 2 aromatic rings. The lowest BCUT2D eigenvalue weighted by molar-refractivity contribution is 0.262. The highest BCUT2D eigenvalue weighted by molar-refractivity contribution is 7.92. The van der Waals surface area contributed by atoms with Crippen LogP contribution in [-0.2, 0) is 16.4 Å². The second kappa shape index (κ2) is 6.87. The van der Waals surface area contributed by atoms with Gasteiger partial charge in [-0.15, -0.1) is 0 Å². The number of aryl methyl sites for hydroxylation is 1. The molecule has 0 spiro atoms. The number of nitrogens with one attached hydrogen (secondary N) is 2. The van der Waals surface area contributed by atoms with Crippen molar-refractivity contribution in [1.29, 1.82) is 0 Å². The molecule has 0 radical (unpaired) electrons.